The summed E-state index contributed by atoms with van der Waals surface area (Å²) in [5, 5.41) is 14.3. The number of nitrogens with zero attached hydrogens (tertiary/aromatic N) is 4. The van der Waals surface area contributed by atoms with Crippen LogP contribution in [0.3, 0.4) is 0 Å². The number of unbranched alkanes of at least 4 members (excludes halogenated alkanes) is 2. The first-order valence-electron chi connectivity index (χ1n) is 15.3. The first-order valence-corrected chi connectivity index (χ1v) is 15.3. The summed E-state index contributed by atoms with van der Waals surface area (Å²) in [5.74, 6) is 1.28. The normalized spacial score (nSPS) is 14.1. The van der Waals surface area contributed by atoms with Gasteiger partial charge in [-0.25, -0.2) is 4.98 Å². The minimum atomic E-state index is 0.229. The van der Waals surface area contributed by atoms with Crippen molar-refractivity contribution in [2.24, 2.45) is 0 Å². The molecule has 1 saturated heterocycles. The maximum atomic E-state index is 10.6. The fourth-order valence-electron chi connectivity index (χ4n) is 5.65. The number of ether oxygens (including phenoxy) is 1. The molecule has 7 heteroatoms. The topological polar surface area (TPSA) is 75.4 Å². The number of hydrogen-bond acceptors (Lipinski definition) is 6. The number of anilines is 1. The summed E-state index contributed by atoms with van der Waals surface area (Å²) in [7, 11) is 0. The van der Waals surface area contributed by atoms with Crippen LogP contribution in [0.4, 0.5) is 5.69 Å². The summed E-state index contributed by atoms with van der Waals surface area (Å²) >= 11 is 0. The highest BCUT2D eigenvalue weighted by Crippen LogP contribution is 2.25. The van der Waals surface area contributed by atoms with Crippen molar-refractivity contribution < 1.29 is 9.84 Å². The van der Waals surface area contributed by atoms with E-state index in [9.17, 15) is 5.11 Å². The molecule has 0 unspecified atom stereocenters. The number of aromatic hydroxyl groups is 1. The van der Waals surface area contributed by atoms with Crippen LogP contribution >= 0.6 is 0 Å². The Morgan fingerprint density at radius 3 is 2.61 bits per heavy atom. The molecule has 0 radical (unpaired) electrons. The third kappa shape index (κ3) is 7.66. The molecule has 2 aromatic heterocycles. The molecule has 0 atom stereocenters. The molecular weight excluding hydrogens is 510 g/mol. The molecule has 3 heterocycles. The van der Waals surface area contributed by atoms with E-state index in [4.69, 9.17) is 9.72 Å². The Morgan fingerprint density at radius 1 is 0.927 bits per heavy atom. The highest BCUT2D eigenvalue weighted by Gasteiger charge is 2.16. The summed E-state index contributed by atoms with van der Waals surface area (Å²) in [6.45, 7) is 12.4. The number of aromatic nitrogens is 3. The Hall–Kier alpha value is -3.42. The summed E-state index contributed by atoms with van der Waals surface area (Å²) in [5.41, 5.74) is 8.74. The third-order valence-electron chi connectivity index (χ3n) is 8.07. The van der Waals surface area contributed by atoms with E-state index >= 15 is 0 Å². The second-order valence-electron chi connectivity index (χ2n) is 11.4. The van der Waals surface area contributed by atoms with E-state index in [0.717, 1.165) is 87.6 Å². The zero-order valence-corrected chi connectivity index (χ0v) is 25.0. The monoisotopic (exact) mass is 555 g/mol. The second-order valence-corrected chi connectivity index (χ2v) is 11.4. The molecule has 218 valence electrons. The average molecular weight is 556 g/mol. The molecule has 41 heavy (non-hydrogen) atoms. The lowest BCUT2D eigenvalue weighted by molar-refractivity contribution is 0.0372. The minimum absolute atomic E-state index is 0.229. The molecule has 7 nitrogen and oxygen atoms in total. The van der Waals surface area contributed by atoms with E-state index in [1.54, 1.807) is 6.07 Å². The van der Waals surface area contributed by atoms with Gasteiger partial charge < -0.3 is 19.7 Å². The van der Waals surface area contributed by atoms with Crippen molar-refractivity contribution in [1.82, 2.24) is 19.4 Å². The summed E-state index contributed by atoms with van der Waals surface area (Å²) in [4.78, 5) is 12.2. The minimum Gasteiger partial charge on any atom is -0.506 e. The lowest BCUT2D eigenvalue weighted by Gasteiger charge is -2.26. The number of benzene rings is 2. The van der Waals surface area contributed by atoms with Gasteiger partial charge in [0.15, 0.2) is 0 Å². The summed E-state index contributed by atoms with van der Waals surface area (Å²) in [6.07, 6.45) is 6.56. The number of hydrogen-bond donors (Lipinski definition) is 2. The van der Waals surface area contributed by atoms with Crippen molar-refractivity contribution >= 4 is 16.7 Å². The van der Waals surface area contributed by atoms with Crippen LogP contribution in [0.25, 0.3) is 11.0 Å². The maximum absolute atomic E-state index is 10.6. The first kappa shape index (κ1) is 29.1. The van der Waals surface area contributed by atoms with E-state index in [-0.39, 0.29) is 5.75 Å². The summed E-state index contributed by atoms with van der Waals surface area (Å²) in [6, 6.07) is 16.9. The molecule has 5 rings (SSSR count). The SMILES string of the molecule is CCCCc1ccc(C)cc1NCc1ccc2nc(CCCCN3CCOCC3)n(Cc3nc(C)ccc3O)c2c1. The van der Waals surface area contributed by atoms with E-state index < -0.39 is 0 Å². The predicted molar refractivity (Wildman–Crippen MR) is 167 cm³/mol. The number of fused-ring (bicyclic) bond motifs is 1. The first-order chi connectivity index (χ1) is 20.0. The fraction of sp³-hybridized carbons (Fsp3) is 0.471. The Labute approximate surface area is 244 Å². The average Bonchev–Trinajstić information content (AvgIpc) is 3.32. The molecular formula is C34H45N5O2. The molecule has 1 aliphatic rings. The molecule has 0 amide bonds. The highest BCUT2D eigenvalue weighted by molar-refractivity contribution is 5.77. The van der Waals surface area contributed by atoms with Crippen molar-refractivity contribution in [2.75, 3.05) is 38.2 Å². The van der Waals surface area contributed by atoms with Crippen LogP contribution in [0.2, 0.25) is 0 Å². The summed E-state index contributed by atoms with van der Waals surface area (Å²) < 4.78 is 7.75. The van der Waals surface area contributed by atoms with Gasteiger partial charge in [0.1, 0.15) is 17.3 Å². The lowest BCUT2D eigenvalue weighted by Crippen LogP contribution is -2.36. The second kappa shape index (κ2) is 14.0. The van der Waals surface area contributed by atoms with Crippen LogP contribution in [-0.2, 0) is 30.7 Å². The number of morpholine rings is 1. The standard InChI is InChI=1S/C34H45N5O2/c1-4-5-8-28-13-10-25(2)21-30(28)35-23-27-12-14-29-32(22-27)39(24-31-33(40)15-11-26(3)36-31)34(37-29)9-6-7-16-38-17-19-41-20-18-38/h10-15,21-22,35,40H,4-9,16-20,23-24H2,1-3H3. The van der Waals surface area contributed by atoms with Gasteiger partial charge in [0.05, 0.1) is 30.8 Å². The van der Waals surface area contributed by atoms with Crippen LogP contribution in [0.5, 0.6) is 5.75 Å². The molecule has 1 fully saturated rings. The highest BCUT2D eigenvalue weighted by atomic mass is 16.5. The van der Waals surface area contributed by atoms with E-state index in [2.05, 4.69) is 70.0 Å². The van der Waals surface area contributed by atoms with Crippen LogP contribution < -0.4 is 5.32 Å². The zero-order valence-electron chi connectivity index (χ0n) is 25.0. The van der Waals surface area contributed by atoms with Crippen LogP contribution in [0, 0.1) is 13.8 Å². The zero-order chi connectivity index (χ0) is 28.6. The number of aryl methyl sites for hydroxylation is 4. The Bertz CT molecular complexity index is 1440. The van der Waals surface area contributed by atoms with Crippen molar-refractivity contribution in [3.8, 4) is 5.75 Å². The van der Waals surface area contributed by atoms with Crippen molar-refractivity contribution in [2.45, 2.75) is 72.4 Å². The predicted octanol–water partition coefficient (Wildman–Crippen LogP) is 6.41. The van der Waals surface area contributed by atoms with Gasteiger partial charge in [0.25, 0.3) is 0 Å². The molecule has 0 aliphatic carbocycles. The van der Waals surface area contributed by atoms with Crippen LogP contribution in [-0.4, -0.2) is 57.4 Å². The Kier molecular flexibility index (Phi) is 9.91. The van der Waals surface area contributed by atoms with Crippen molar-refractivity contribution in [1.29, 1.82) is 0 Å². The quantitative estimate of drug-likeness (QED) is 0.186. The van der Waals surface area contributed by atoms with E-state index in [1.807, 2.05) is 13.0 Å². The van der Waals surface area contributed by atoms with Crippen molar-refractivity contribution in [3.05, 3.63) is 82.4 Å². The molecule has 0 spiro atoms. The van der Waals surface area contributed by atoms with Gasteiger partial charge in [0, 0.05) is 37.4 Å². The van der Waals surface area contributed by atoms with Gasteiger partial charge in [-0.1, -0.05) is 31.5 Å². The van der Waals surface area contributed by atoms with Crippen molar-refractivity contribution in [3.63, 3.8) is 0 Å². The van der Waals surface area contributed by atoms with Gasteiger partial charge >= 0.3 is 0 Å². The van der Waals surface area contributed by atoms with Gasteiger partial charge in [-0.05, 0) is 93.1 Å². The maximum Gasteiger partial charge on any atom is 0.138 e. The lowest BCUT2D eigenvalue weighted by atomic mass is 10.0. The number of imidazole rings is 1. The molecule has 4 aromatic rings. The van der Waals surface area contributed by atoms with Crippen LogP contribution in [0.15, 0.2) is 48.5 Å². The van der Waals surface area contributed by atoms with Crippen LogP contribution in [0.1, 0.15) is 66.5 Å². The van der Waals surface area contributed by atoms with Gasteiger partial charge in [0.2, 0.25) is 0 Å². The molecule has 2 N–H and O–H groups in total. The largest absolute Gasteiger partial charge is 0.506 e. The Balaban J connectivity index is 1.37. The molecule has 0 saturated carbocycles. The third-order valence-corrected chi connectivity index (χ3v) is 8.07. The van der Waals surface area contributed by atoms with E-state index in [0.29, 0.717) is 12.2 Å². The molecule has 1 aliphatic heterocycles. The van der Waals surface area contributed by atoms with E-state index in [1.165, 1.54) is 35.2 Å². The molecule has 0 bridgehead atoms. The van der Waals surface area contributed by atoms with Gasteiger partial charge in [-0.2, -0.15) is 0 Å². The number of rotatable bonds is 13. The number of pyridine rings is 1. The van der Waals surface area contributed by atoms with Gasteiger partial charge in [-0.3, -0.25) is 9.88 Å². The number of nitrogens with one attached hydrogen (secondary N) is 1. The smallest absolute Gasteiger partial charge is 0.138 e. The molecule has 2 aromatic carbocycles. The fourth-order valence-corrected chi connectivity index (χ4v) is 5.65. The van der Waals surface area contributed by atoms with Gasteiger partial charge in [-0.15, -0.1) is 0 Å². The Morgan fingerprint density at radius 2 is 1.78 bits per heavy atom.